The first kappa shape index (κ1) is 27.9. The monoisotopic (exact) mass is 602 g/mol. The highest BCUT2D eigenvalue weighted by Crippen LogP contribution is 2.29. The Balaban J connectivity index is 0.981. The van der Waals surface area contributed by atoms with Crippen molar-refractivity contribution in [1.29, 1.82) is 0 Å². The first-order valence-corrected chi connectivity index (χ1v) is 15.2. The van der Waals surface area contributed by atoms with Gasteiger partial charge in [-0.2, -0.15) is 0 Å². The molecule has 4 aromatic carbocycles. The number of amides is 2. The Kier molecular flexibility index (Phi) is 7.58. The van der Waals surface area contributed by atoms with Crippen LogP contribution in [0.1, 0.15) is 39.3 Å². The highest BCUT2D eigenvalue weighted by Gasteiger charge is 2.26. The van der Waals surface area contributed by atoms with E-state index in [9.17, 15) is 9.59 Å². The number of halogens is 1. The molecule has 1 aliphatic rings. The largest absolute Gasteiger partial charge is 0.339 e. The molecule has 2 aromatic heterocycles. The second kappa shape index (κ2) is 12.0. The Morgan fingerprint density at radius 2 is 1.45 bits per heavy atom. The van der Waals surface area contributed by atoms with Crippen molar-refractivity contribution in [1.82, 2.24) is 24.5 Å². The van der Waals surface area contributed by atoms with Gasteiger partial charge in [-0.15, -0.1) is 5.10 Å². The number of benzene rings is 4. The molecule has 0 atom stereocenters. The topological polar surface area (TPSA) is 85.0 Å². The summed E-state index contributed by atoms with van der Waals surface area (Å²) in [4.78, 5) is 28.2. The Bertz CT molecular complexity index is 1920. The van der Waals surface area contributed by atoms with Crippen LogP contribution in [0, 0.1) is 5.92 Å². The van der Waals surface area contributed by atoms with Gasteiger partial charge in [-0.25, -0.2) is 0 Å². The molecule has 2 amide bonds. The minimum atomic E-state index is -0.286. The molecule has 0 saturated carbocycles. The number of hydrogen-bond acceptors (Lipinski definition) is 4. The van der Waals surface area contributed by atoms with E-state index in [1.165, 1.54) is 21.8 Å². The number of hydrogen-bond donors (Lipinski definition) is 1. The molecule has 220 valence electrons. The van der Waals surface area contributed by atoms with Crippen molar-refractivity contribution >= 4 is 50.9 Å². The van der Waals surface area contributed by atoms with E-state index in [-0.39, 0.29) is 11.8 Å². The molecule has 1 fully saturated rings. The third-order valence-corrected chi connectivity index (χ3v) is 8.70. The predicted molar refractivity (Wildman–Crippen MR) is 173 cm³/mol. The van der Waals surface area contributed by atoms with Crippen LogP contribution in [0.15, 0.2) is 103 Å². The molecular formula is C35H31ClN6O2. The zero-order valence-corrected chi connectivity index (χ0v) is 24.8. The summed E-state index contributed by atoms with van der Waals surface area (Å²) < 4.78 is 4.24. The van der Waals surface area contributed by atoms with E-state index in [1.54, 1.807) is 36.4 Å². The number of para-hydroxylation sites is 3. The fourth-order valence-corrected chi connectivity index (χ4v) is 6.29. The van der Waals surface area contributed by atoms with Crippen molar-refractivity contribution in [2.24, 2.45) is 5.92 Å². The number of nitrogens with zero attached hydrogens (tertiary/aromatic N) is 5. The van der Waals surface area contributed by atoms with Gasteiger partial charge in [-0.1, -0.05) is 65.3 Å². The maximum atomic E-state index is 13.5. The molecule has 0 aliphatic carbocycles. The second-order valence-corrected chi connectivity index (χ2v) is 11.7. The molecule has 0 unspecified atom stereocenters. The molecule has 1 saturated heterocycles. The van der Waals surface area contributed by atoms with Crippen molar-refractivity contribution in [3.63, 3.8) is 0 Å². The highest BCUT2D eigenvalue weighted by atomic mass is 35.5. The number of carbonyl (C=O) groups is 2. The summed E-state index contributed by atoms with van der Waals surface area (Å²) in [5.41, 5.74) is 4.75. The maximum Gasteiger partial charge on any atom is 0.255 e. The number of piperidine rings is 1. The van der Waals surface area contributed by atoms with Gasteiger partial charge in [-0.3, -0.25) is 14.3 Å². The Labute approximate surface area is 259 Å². The van der Waals surface area contributed by atoms with Crippen LogP contribution in [-0.4, -0.2) is 49.4 Å². The van der Waals surface area contributed by atoms with Gasteiger partial charge in [0.1, 0.15) is 5.69 Å². The first-order valence-electron chi connectivity index (χ1n) is 14.8. The average Bonchev–Trinajstić information content (AvgIpc) is 3.64. The van der Waals surface area contributed by atoms with Gasteiger partial charge in [0, 0.05) is 52.0 Å². The molecule has 6 aromatic rings. The molecule has 1 aliphatic heterocycles. The van der Waals surface area contributed by atoms with Crippen LogP contribution in [0.25, 0.3) is 21.8 Å². The van der Waals surface area contributed by atoms with Crippen molar-refractivity contribution in [2.45, 2.75) is 25.9 Å². The number of aromatic nitrogens is 4. The predicted octanol–water partition coefficient (Wildman–Crippen LogP) is 6.89. The SMILES string of the molecule is O=C(Nc1ccccc1C(=O)N1CCC(Cn2cc(Cn3c4ccccc4c4ccccc43)nn2)CC1)c1ccc(Cl)cc1. The molecule has 1 N–H and O–H groups in total. The lowest BCUT2D eigenvalue weighted by Crippen LogP contribution is -2.39. The van der Waals surface area contributed by atoms with Gasteiger partial charge in [0.2, 0.25) is 0 Å². The van der Waals surface area contributed by atoms with Crippen LogP contribution in [0.2, 0.25) is 5.02 Å². The van der Waals surface area contributed by atoms with Crippen LogP contribution in [0.4, 0.5) is 5.69 Å². The van der Waals surface area contributed by atoms with E-state index < -0.39 is 0 Å². The van der Waals surface area contributed by atoms with Gasteiger partial charge in [-0.05, 0) is 67.3 Å². The Morgan fingerprint density at radius 1 is 0.818 bits per heavy atom. The minimum Gasteiger partial charge on any atom is -0.339 e. The zero-order chi connectivity index (χ0) is 30.0. The highest BCUT2D eigenvalue weighted by molar-refractivity contribution is 6.30. The number of carbonyl (C=O) groups excluding carboxylic acids is 2. The van der Waals surface area contributed by atoms with Gasteiger partial charge in [0.25, 0.3) is 11.8 Å². The quantitative estimate of drug-likeness (QED) is 0.216. The summed E-state index contributed by atoms with van der Waals surface area (Å²) in [7, 11) is 0. The third-order valence-electron chi connectivity index (χ3n) is 8.45. The number of anilines is 1. The molecule has 0 bridgehead atoms. The van der Waals surface area contributed by atoms with Gasteiger partial charge in [0.15, 0.2) is 0 Å². The van der Waals surface area contributed by atoms with E-state index in [0.29, 0.717) is 47.4 Å². The Hall–Kier alpha value is -4.95. The lowest BCUT2D eigenvalue weighted by molar-refractivity contribution is 0.0682. The number of likely N-dealkylation sites (tertiary alicyclic amines) is 1. The van der Waals surface area contributed by atoms with E-state index >= 15 is 0 Å². The van der Waals surface area contributed by atoms with Crippen LogP contribution in [0.3, 0.4) is 0 Å². The number of fused-ring (bicyclic) bond motifs is 3. The molecule has 7 rings (SSSR count). The standard InChI is InChI=1S/C35H31ClN6O2/c36-26-15-13-25(14-16-26)34(43)37-31-10-4-1-9-30(31)35(44)40-19-17-24(18-20-40)21-41-22-27(38-39-41)23-42-32-11-5-2-7-28(32)29-8-3-6-12-33(29)42/h1-16,22,24H,17-21,23H2,(H,37,43). The fraction of sp³-hybridized carbons (Fsp3) is 0.200. The Morgan fingerprint density at radius 3 is 2.16 bits per heavy atom. The summed E-state index contributed by atoms with van der Waals surface area (Å²) in [5, 5.41) is 14.9. The van der Waals surface area contributed by atoms with E-state index in [0.717, 1.165) is 25.1 Å². The van der Waals surface area contributed by atoms with E-state index in [2.05, 4.69) is 68.7 Å². The fourth-order valence-electron chi connectivity index (χ4n) is 6.16. The molecule has 0 spiro atoms. The normalized spacial score (nSPS) is 13.9. The second-order valence-electron chi connectivity index (χ2n) is 11.3. The number of nitrogens with one attached hydrogen (secondary N) is 1. The lowest BCUT2D eigenvalue weighted by atomic mass is 9.96. The van der Waals surface area contributed by atoms with Crippen molar-refractivity contribution in [3.05, 3.63) is 125 Å². The van der Waals surface area contributed by atoms with Crippen LogP contribution in [-0.2, 0) is 13.1 Å². The summed E-state index contributed by atoms with van der Waals surface area (Å²) in [6.45, 7) is 2.70. The van der Waals surface area contributed by atoms with Crippen molar-refractivity contribution < 1.29 is 9.59 Å². The molecule has 9 heteroatoms. The summed E-state index contributed by atoms with van der Waals surface area (Å²) in [5.74, 6) is 0.0253. The zero-order valence-electron chi connectivity index (χ0n) is 24.1. The van der Waals surface area contributed by atoms with E-state index in [1.807, 2.05) is 27.9 Å². The summed E-state index contributed by atoms with van der Waals surface area (Å²) in [6, 6.07) is 30.8. The first-order chi connectivity index (χ1) is 21.5. The van der Waals surface area contributed by atoms with Gasteiger partial charge in [0.05, 0.1) is 24.0 Å². The molecular weight excluding hydrogens is 572 g/mol. The number of rotatable bonds is 7. The molecule has 3 heterocycles. The average molecular weight is 603 g/mol. The summed E-state index contributed by atoms with van der Waals surface area (Å²) in [6.07, 6.45) is 3.78. The van der Waals surface area contributed by atoms with Crippen molar-refractivity contribution in [2.75, 3.05) is 18.4 Å². The van der Waals surface area contributed by atoms with Crippen LogP contribution >= 0.6 is 11.6 Å². The van der Waals surface area contributed by atoms with Crippen molar-refractivity contribution in [3.8, 4) is 0 Å². The van der Waals surface area contributed by atoms with Crippen LogP contribution < -0.4 is 5.32 Å². The minimum absolute atomic E-state index is 0.0790. The molecule has 0 radical (unpaired) electrons. The van der Waals surface area contributed by atoms with E-state index in [4.69, 9.17) is 11.6 Å². The van der Waals surface area contributed by atoms with Gasteiger partial charge < -0.3 is 14.8 Å². The van der Waals surface area contributed by atoms with Crippen LogP contribution in [0.5, 0.6) is 0 Å². The lowest BCUT2D eigenvalue weighted by Gasteiger charge is -2.32. The third kappa shape index (κ3) is 5.56. The molecule has 44 heavy (non-hydrogen) atoms. The molecule has 8 nitrogen and oxygen atoms in total. The summed E-state index contributed by atoms with van der Waals surface area (Å²) >= 11 is 5.96. The van der Waals surface area contributed by atoms with Gasteiger partial charge >= 0.3 is 0 Å². The maximum absolute atomic E-state index is 13.5. The smallest absolute Gasteiger partial charge is 0.255 e.